The van der Waals surface area contributed by atoms with Crippen molar-refractivity contribution in [1.82, 2.24) is 0 Å². The van der Waals surface area contributed by atoms with E-state index in [-0.39, 0.29) is 30.0 Å². The highest BCUT2D eigenvalue weighted by atomic mass is 16.5. The Bertz CT molecular complexity index is 594. The van der Waals surface area contributed by atoms with Gasteiger partial charge in [0.2, 0.25) is 0 Å². The number of carbonyl (C=O) groups excluding carboxylic acids is 2. The van der Waals surface area contributed by atoms with Gasteiger partial charge in [-0.1, -0.05) is 0 Å². The summed E-state index contributed by atoms with van der Waals surface area (Å²) in [6, 6.07) is 7.93. The van der Waals surface area contributed by atoms with E-state index in [4.69, 9.17) is 15.3 Å². The monoisotopic (exact) mass is 241 g/mol. The van der Waals surface area contributed by atoms with Gasteiger partial charge < -0.3 is 4.74 Å². The van der Waals surface area contributed by atoms with Gasteiger partial charge >= 0.3 is 0 Å². The van der Waals surface area contributed by atoms with Crippen LogP contribution in [0.3, 0.4) is 0 Å². The first-order chi connectivity index (χ1) is 8.67. The average molecular weight is 241 g/mol. The van der Waals surface area contributed by atoms with Gasteiger partial charge in [0, 0.05) is 0 Å². The molecule has 1 aliphatic rings. The van der Waals surface area contributed by atoms with Crippen LogP contribution >= 0.6 is 0 Å². The molecule has 1 aromatic carbocycles. The molecule has 0 unspecified atom stereocenters. The maximum absolute atomic E-state index is 11.6. The quantitative estimate of drug-likeness (QED) is 0.660. The smallest absolute Gasteiger partial charge is 0.259 e. The molecular weight excluding hydrogens is 234 g/mol. The summed E-state index contributed by atoms with van der Waals surface area (Å²) >= 11 is 0. The fraction of sp³-hybridized carbons (Fsp3) is 0.167. The van der Waals surface area contributed by atoms with Gasteiger partial charge in [-0.15, -0.1) is 0 Å². The molecule has 0 bridgehead atoms. The molecule has 1 heterocycles. The number of benzene rings is 1. The lowest BCUT2D eigenvalue weighted by atomic mass is 10.1. The average Bonchev–Trinajstić information content (AvgIpc) is 2.38. The van der Waals surface area contributed by atoms with E-state index < -0.39 is 11.8 Å². The first-order valence-electron chi connectivity index (χ1n) is 5.05. The minimum absolute atomic E-state index is 0.127. The van der Waals surface area contributed by atoms with Crippen molar-refractivity contribution in [2.75, 3.05) is 18.1 Å². The lowest BCUT2D eigenvalue weighted by Gasteiger charge is -2.25. The molecule has 6 nitrogen and oxygen atoms in total. The Balaban J connectivity index is 2.46. The van der Waals surface area contributed by atoms with Crippen LogP contribution in [0.4, 0.5) is 5.69 Å². The maximum Gasteiger partial charge on any atom is 0.259 e. The molecular formula is C12H7N3O3. The number of ether oxygens (including phenoxy) is 1. The van der Waals surface area contributed by atoms with Crippen molar-refractivity contribution < 1.29 is 14.3 Å². The summed E-state index contributed by atoms with van der Waals surface area (Å²) in [7, 11) is 0. The Hall–Kier alpha value is -2.70. The fourth-order valence-electron chi connectivity index (χ4n) is 1.64. The van der Waals surface area contributed by atoms with E-state index in [0.29, 0.717) is 0 Å². The summed E-state index contributed by atoms with van der Waals surface area (Å²) in [5, 5.41) is 17.7. The van der Waals surface area contributed by atoms with Crippen LogP contribution in [0.25, 0.3) is 0 Å². The van der Waals surface area contributed by atoms with Crippen LogP contribution in [0.2, 0.25) is 0 Å². The topological polar surface area (TPSA) is 94.2 Å². The Morgan fingerprint density at radius 3 is 2.22 bits per heavy atom. The Labute approximate surface area is 103 Å². The number of hydrogen-bond acceptors (Lipinski definition) is 5. The molecule has 1 saturated heterocycles. The standard InChI is InChI=1S/C12H7N3O3/c13-4-8-1-2-10(3-9(8)5-14)15-11(16)6-18-7-12(15)17/h1-3H,6-7H2. The van der Waals surface area contributed by atoms with Gasteiger partial charge in [-0.2, -0.15) is 10.5 Å². The van der Waals surface area contributed by atoms with E-state index in [0.717, 1.165) is 4.90 Å². The first kappa shape index (κ1) is 11.8. The largest absolute Gasteiger partial charge is 0.362 e. The van der Waals surface area contributed by atoms with Gasteiger partial charge in [0.05, 0.1) is 16.8 Å². The molecule has 0 saturated carbocycles. The van der Waals surface area contributed by atoms with Crippen molar-refractivity contribution in [2.24, 2.45) is 0 Å². The fourth-order valence-corrected chi connectivity index (χ4v) is 1.64. The molecule has 0 radical (unpaired) electrons. The summed E-state index contributed by atoms with van der Waals surface area (Å²) in [6.45, 7) is -0.346. The first-order valence-corrected chi connectivity index (χ1v) is 5.05. The second-order valence-electron chi connectivity index (χ2n) is 3.57. The predicted octanol–water partition coefficient (Wildman–Crippen LogP) is 0.320. The van der Waals surface area contributed by atoms with Gasteiger partial charge in [-0.25, -0.2) is 4.90 Å². The molecule has 18 heavy (non-hydrogen) atoms. The normalized spacial score (nSPS) is 15.1. The van der Waals surface area contributed by atoms with E-state index in [1.54, 1.807) is 0 Å². The highest BCUT2D eigenvalue weighted by Crippen LogP contribution is 2.21. The number of nitriles is 2. The number of hydrogen-bond donors (Lipinski definition) is 0. The number of carbonyl (C=O) groups is 2. The molecule has 0 aromatic heterocycles. The molecule has 1 aromatic rings. The van der Waals surface area contributed by atoms with Crippen molar-refractivity contribution in [3.8, 4) is 12.1 Å². The third-order valence-electron chi connectivity index (χ3n) is 2.45. The van der Waals surface area contributed by atoms with E-state index in [1.165, 1.54) is 18.2 Å². The number of rotatable bonds is 1. The molecule has 2 rings (SSSR count). The summed E-state index contributed by atoms with van der Waals surface area (Å²) in [5.74, 6) is -0.973. The Morgan fingerprint density at radius 2 is 1.67 bits per heavy atom. The van der Waals surface area contributed by atoms with E-state index >= 15 is 0 Å². The number of anilines is 1. The molecule has 6 heteroatoms. The molecule has 1 fully saturated rings. The van der Waals surface area contributed by atoms with Crippen molar-refractivity contribution in [1.29, 1.82) is 10.5 Å². The van der Waals surface area contributed by atoms with Crippen molar-refractivity contribution in [3.05, 3.63) is 29.3 Å². The zero-order valence-electron chi connectivity index (χ0n) is 9.21. The third-order valence-corrected chi connectivity index (χ3v) is 2.45. The molecule has 0 spiro atoms. The summed E-state index contributed by atoms with van der Waals surface area (Å²) < 4.78 is 4.79. The van der Waals surface area contributed by atoms with Crippen LogP contribution in [0.1, 0.15) is 11.1 Å². The summed E-state index contributed by atoms with van der Waals surface area (Å²) in [5.41, 5.74) is 0.611. The zero-order chi connectivity index (χ0) is 13.1. The second kappa shape index (κ2) is 4.66. The van der Waals surface area contributed by atoms with E-state index in [1.807, 2.05) is 12.1 Å². The number of morpholine rings is 1. The minimum Gasteiger partial charge on any atom is -0.362 e. The van der Waals surface area contributed by atoms with Gasteiger partial charge in [0.25, 0.3) is 11.8 Å². The minimum atomic E-state index is -0.486. The lowest BCUT2D eigenvalue weighted by molar-refractivity contribution is -0.138. The second-order valence-corrected chi connectivity index (χ2v) is 3.57. The van der Waals surface area contributed by atoms with Crippen molar-refractivity contribution in [3.63, 3.8) is 0 Å². The van der Waals surface area contributed by atoms with Crippen molar-refractivity contribution in [2.45, 2.75) is 0 Å². The van der Waals surface area contributed by atoms with Crippen molar-refractivity contribution >= 4 is 17.5 Å². The molecule has 0 aliphatic carbocycles. The van der Waals surface area contributed by atoms with Crippen LogP contribution in [0.5, 0.6) is 0 Å². The van der Waals surface area contributed by atoms with Crippen LogP contribution < -0.4 is 4.90 Å². The summed E-state index contributed by atoms with van der Waals surface area (Å²) in [4.78, 5) is 24.1. The molecule has 2 amide bonds. The third kappa shape index (κ3) is 1.93. The molecule has 0 N–H and O–H groups in total. The predicted molar refractivity (Wildman–Crippen MR) is 59.2 cm³/mol. The summed E-state index contributed by atoms with van der Waals surface area (Å²) in [6.07, 6.45) is 0. The molecule has 0 atom stereocenters. The van der Waals surface area contributed by atoms with Gasteiger partial charge in [-0.05, 0) is 18.2 Å². The van der Waals surface area contributed by atoms with Crippen LogP contribution in [0.15, 0.2) is 18.2 Å². The highest BCUT2D eigenvalue weighted by Gasteiger charge is 2.28. The van der Waals surface area contributed by atoms with Gasteiger partial charge in [0.15, 0.2) is 0 Å². The van der Waals surface area contributed by atoms with Gasteiger partial charge in [-0.3, -0.25) is 9.59 Å². The lowest BCUT2D eigenvalue weighted by Crippen LogP contribution is -2.46. The molecule has 88 valence electrons. The zero-order valence-corrected chi connectivity index (χ0v) is 9.21. The SMILES string of the molecule is N#Cc1ccc(N2C(=O)COCC2=O)cc1C#N. The molecule has 1 aliphatic heterocycles. The Morgan fingerprint density at radius 1 is 1.06 bits per heavy atom. The Kier molecular flexibility index (Phi) is 3.05. The van der Waals surface area contributed by atoms with Crippen LogP contribution in [-0.4, -0.2) is 25.0 Å². The highest BCUT2D eigenvalue weighted by molar-refractivity contribution is 6.17. The van der Waals surface area contributed by atoms with Gasteiger partial charge in [0.1, 0.15) is 25.4 Å². The maximum atomic E-state index is 11.6. The van der Waals surface area contributed by atoms with Crippen LogP contribution in [0, 0.1) is 22.7 Å². The van der Waals surface area contributed by atoms with E-state index in [9.17, 15) is 9.59 Å². The number of imide groups is 1. The number of nitrogens with zero attached hydrogens (tertiary/aromatic N) is 3. The number of amides is 2. The van der Waals surface area contributed by atoms with Crippen LogP contribution in [-0.2, 0) is 14.3 Å². The van der Waals surface area contributed by atoms with E-state index in [2.05, 4.69) is 0 Å².